The molecule has 0 aromatic heterocycles. The van der Waals surface area contributed by atoms with Crippen molar-refractivity contribution in [3.63, 3.8) is 0 Å². The molecule has 14 nitrogen and oxygen atoms in total. The van der Waals surface area contributed by atoms with Crippen LogP contribution in [0.15, 0.2) is 4.99 Å². The molecule has 0 aromatic rings. The van der Waals surface area contributed by atoms with Crippen LogP contribution in [0.4, 0.5) is 0 Å². The molecule has 1 fully saturated rings. The molecule has 1 rings (SSSR count). The van der Waals surface area contributed by atoms with Crippen LogP contribution in [0.5, 0.6) is 0 Å². The Kier molecular flexibility index (Phi) is 11.8. The third kappa shape index (κ3) is 10.0. The van der Waals surface area contributed by atoms with Gasteiger partial charge in [-0.15, -0.1) is 0 Å². The lowest BCUT2D eigenvalue weighted by atomic mass is 10.0. The van der Waals surface area contributed by atoms with Gasteiger partial charge in [0.2, 0.25) is 23.6 Å². The SMILES string of the molecule is CC(C)C(NC(=O)C1CCCN1)C(=O)NC(CCCN=C(N)N)C(=O)NC(CC(N)=O)C(=O)O. The number of carboxylic acid groups (broad SMARTS) is 1. The summed E-state index contributed by atoms with van der Waals surface area (Å²) >= 11 is 0. The van der Waals surface area contributed by atoms with E-state index in [2.05, 4.69) is 26.3 Å². The third-order valence-electron chi connectivity index (χ3n) is 5.22. The third-order valence-corrected chi connectivity index (χ3v) is 5.22. The molecule has 1 aliphatic rings. The second-order valence-corrected chi connectivity index (χ2v) is 8.46. The van der Waals surface area contributed by atoms with E-state index >= 15 is 0 Å². The predicted molar refractivity (Wildman–Crippen MR) is 123 cm³/mol. The summed E-state index contributed by atoms with van der Waals surface area (Å²) in [6.07, 6.45) is 1.25. The fourth-order valence-corrected chi connectivity index (χ4v) is 3.40. The molecule has 1 heterocycles. The van der Waals surface area contributed by atoms with E-state index in [1.54, 1.807) is 13.8 Å². The van der Waals surface area contributed by atoms with Crippen molar-refractivity contribution in [1.82, 2.24) is 21.3 Å². The molecule has 11 N–H and O–H groups in total. The molecule has 0 bridgehead atoms. The summed E-state index contributed by atoms with van der Waals surface area (Å²) in [4.78, 5) is 64.7. The van der Waals surface area contributed by atoms with Crippen molar-refractivity contribution in [2.75, 3.05) is 13.1 Å². The minimum absolute atomic E-state index is 0.0696. The minimum Gasteiger partial charge on any atom is -0.480 e. The Hall–Kier alpha value is -3.42. The summed E-state index contributed by atoms with van der Waals surface area (Å²) in [6.45, 7) is 4.37. The van der Waals surface area contributed by atoms with E-state index in [-0.39, 0.29) is 37.2 Å². The second-order valence-electron chi connectivity index (χ2n) is 8.46. The number of carboxylic acids is 1. The van der Waals surface area contributed by atoms with Crippen molar-refractivity contribution in [2.24, 2.45) is 28.1 Å². The van der Waals surface area contributed by atoms with Gasteiger partial charge in [-0.1, -0.05) is 13.8 Å². The first-order valence-electron chi connectivity index (χ1n) is 11.1. The first-order valence-corrected chi connectivity index (χ1v) is 11.1. The number of nitrogens with one attached hydrogen (secondary N) is 4. The molecule has 192 valence electrons. The van der Waals surface area contributed by atoms with E-state index in [9.17, 15) is 29.1 Å². The largest absolute Gasteiger partial charge is 0.480 e. The monoisotopic (exact) mass is 484 g/mol. The van der Waals surface area contributed by atoms with Gasteiger partial charge >= 0.3 is 5.97 Å². The van der Waals surface area contributed by atoms with Gasteiger partial charge in [-0.05, 0) is 38.1 Å². The number of aliphatic carboxylic acids is 1. The van der Waals surface area contributed by atoms with Gasteiger partial charge in [-0.2, -0.15) is 0 Å². The number of hydrogen-bond donors (Lipinski definition) is 8. The second kappa shape index (κ2) is 14.0. The smallest absolute Gasteiger partial charge is 0.326 e. The van der Waals surface area contributed by atoms with Crippen LogP contribution in [0.1, 0.15) is 46.0 Å². The lowest BCUT2D eigenvalue weighted by molar-refractivity contribution is -0.143. The van der Waals surface area contributed by atoms with Crippen LogP contribution in [-0.2, 0) is 24.0 Å². The van der Waals surface area contributed by atoms with Crippen LogP contribution < -0.4 is 38.5 Å². The lowest BCUT2D eigenvalue weighted by Gasteiger charge is -2.27. The van der Waals surface area contributed by atoms with E-state index in [1.165, 1.54) is 0 Å². The Labute approximate surface area is 197 Å². The molecular weight excluding hydrogens is 448 g/mol. The Morgan fingerprint density at radius 3 is 2.18 bits per heavy atom. The number of hydrogen-bond acceptors (Lipinski definition) is 7. The summed E-state index contributed by atoms with van der Waals surface area (Å²) in [5.41, 5.74) is 15.6. The molecule has 4 unspecified atom stereocenters. The normalized spacial score (nSPS) is 17.8. The zero-order chi connectivity index (χ0) is 25.8. The highest BCUT2D eigenvalue weighted by Crippen LogP contribution is 2.09. The standard InChI is InChI=1S/C20H36N8O6/c1-10(2)15(28-16(30)11-5-3-7-24-11)18(32)26-12(6-4-8-25-20(22)23)17(31)27-13(19(33)34)9-14(21)29/h10-13,15,24H,3-9H2,1-2H3,(H2,21,29)(H,26,32)(H,27,31)(H,28,30)(H,33,34)(H4,22,23,25). The maximum absolute atomic E-state index is 13.0. The molecule has 0 radical (unpaired) electrons. The average molecular weight is 485 g/mol. The van der Waals surface area contributed by atoms with Crippen molar-refractivity contribution in [1.29, 1.82) is 0 Å². The first-order chi connectivity index (χ1) is 15.9. The van der Waals surface area contributed by atoms with Gasteiger partial charge in [0.25, 0.3) is 0 Å². The molecule has 0 spiro atoms. The van der Waals surface area contributed by atoms with Crippen molar-refractivity contribution in [2.45, 2.75) is 70.1 Å². The molecular formula is C20H36N8O6. The lowest BCUT2D eigenvalue weighted by Crippen LogP contribution is -2.58. The molecule has 4 amide bonds. The first kappa shape index (κ1) is 28.6. The van der Waals surface area contributed by atoms with Crippen LogP contribution in [0.3, 0.4) is 0 Å². The van der Waals surface area contributed by atoms with Gasteiger partial charge in [-0.3, -0.25) is 24.2 Å². The molecule has 14 heteroatoms. The van der Waals surface area contributed by atoms with Gasteiger partial charge in [0.1, 0.15) is 18.1 Å². The van der Waals surface area contributed by atoms with Crippen LogP contribution >= 0.6 is 0 Å². The van der Waals surface area contributed by atoms with Crippen molar-refractivity contribution in [3.05, 3.63) is 0 Å². The Morgan fingerprint density at radius 2 is 1.68 bits per heavy atom. The van der Waals surface area contributed by atoms with Crippen LogP contribution in [0, 0.1) is 5.92 Å². The number of amides is 4. The Bertz CT molecular complexity index is 777. The maximum atomic E-state index is 13.0. The summed E-state index contributed by atoms with van der Waals surface area (Å²) in [6, 6.07) is -4.04. The number of guanidine groups is 1. The molecule has 34 heavy (non-hydrogen) atoms. The summed E-state index contributed by atoms with van der Waals surface area (Å²) in [5.74, 6) is -4.54. The maximum Gasteiger partial charge on any atom is 0.326 e. The van der Waals surface area contributed by atoms with Gasteiger partial charge < -0.3 is 43.6 Å². The van der Waals surface area contributed by atoms with Crippen LogP contribution in [-0.4, -0.2) is 77.9 Å². The van der Waals surface area contributed by atoms with Crippen LogP contribution in [0.2, 0.25) is 0 Å². The average Bonchev–Trinajstić information content (AvgIpc) is 3.27. The molecule has 0 aromatic carbocycles. The van der Waals surface area contributed by atoms with Crippen molar-refractivity contribution < 1.29 is 29.1 Å². The minimum atomic E-state index is -1.56. The summed E-state index contributed by atoms with van der Waals surface area (Å²) in [5, 5.41) is 19.8. The number of carbonyl (C=O) groups is 5. The number of nitrogens with zero attached hydrogens (tertiary/aromatic N) is 1. The van der Waals surface area contributed by atoms with Crippen molar-refractivity contribution >= 4 is 35.6 Å². The Morgan fingerprint density at radius 1 is 1.03 bits per heavy atom. The Balaban J connectivity index is 2.94. The highest BCUT2D eigenvalue weighted by atomic mass is 16.4. The quantitative estimate of drug-likeness (QED) is 0.0704. The molecule has 1 saturated heterocycles. The van der Waals surface area contributed by atoms with E-state index in [4.69, 9.17) is 17.2 Å². The molecule has 0 aliphatic carbocycles. The van der Waals surface area contributed by atoms with Crippen molar-refractivity contribution in [3.8, 4) is 0 Å². The zero-order valence-corrected chi connectivity index (χ0v) is 19.5. The number of rotatable bonds is 14. The fourth-order valence-electron chi connectivity index (χ4n) is 3.40. The van der Waals surface area contributed by atoms with E-state index in [0.717, 1.165) is 6.42 Å². The molecule has 1 aliphatic heterocycles. The van der Waals surface area contributed by atoms with E-state index in [0.29, 0.717) is 13.0 Å². The highest BCUT2D eigenvalue weighted by molar-refractivity contribution is 5.95. The molecule has 0 saturated carbocycles. The summed E-state index contributed by atoms with van der Waals surface area (Å²) < 4.78 is 0. The summed E-state index contributed by atoms with van der Waals surface area (Å²) in [7, 11) is 0. The number of primary amides is 1. The van der Waals surface area contributed by atoms with E-state index < -0.39 is 54.3 Å². The fraction of sp³-hybridized carbons (Fsp3) is 0.700. The van der Waals surface area contributed by atoms with E-state index in [1.807, 2.05) is 0 Å². The van der Waals surface area contributed by atoms with Gasteiger partial charge in [0.05, 0.1) is 12.5 Å². The van der Waals surface area contributed by atoms with Gasteiger partial charge in [0.15, 0.2) is 5.96 Å². The van der Waals surface area contributed by atoms with Gasteiger partial charge in [-0.25, -0.2) is 4.79 Å². The van der Waals surface area contributed by atoms with Crippen LogP contribution in [0.25, 0.3) is 0 Å². The number of carbonyl (C=O) groups excluding carboxylic acids is 4. The molecule has 4 atom stereocenters. The number of aliphatic imine (C=N–C) groups is 1. The zero-order valence-electron chi connectivity index (χ0n) is 19.5. The van der Waals surface area contributed by atoms with Gasteiger partial charge in [0, 0.05) is 6.54 Å². The predicted octanol–water partition coefficient (Wildman–Crippen LogP) is -3.14. The number of nitrogens with two attached hydrogens (primary N) is 3. The highest BCUT2D eigenvalue weighted by Gasteiger charge is 2.32. The topological polar surface area (TPSA) is 244 Å².